The SMILES string of the molecule is CC1CCCCC1N(C)C(=O)c1cccc2cn[nH]c12. The number of nitrogens with one attached hydrogen (secondary N) is 1. The van der Waals surface area contributed by atoms with Crippen LogP contribution in [-0.4, -0.2) is 34.1 Å². The maximum atomic E-state index is 12.8. The molecular formula is C16H21N3O. The third-order valence-electron chi connectivity index (χ3n) is 4.59. The summed E-state index contributed by atoms with van der Waals surface area (Å²) in [5, 5.41) is 7.96. The predicted molar refractivity (Wildman–Crippen MR) is 79.6 cm³/mol. The summed E-state index contributed by atoms with van der Waals surface area (Å²) in [6.07, 6.45) is 6.60. The maximum Gasteiger partial charge on any atom is 0.256 e. The first-order chi connectivity index (χ1) is 9.68. The van der Waals surface area contributed by atoms with Crippen molar-refractivity contribution < 1.29 is 4.79 Å². The molecule has 1 N–H and O–H groups in total. The average molecular weight is 271 g/mol. The fourth-order valence-electron chi connectivity index (χ4n) is 3.36. The van der Waals surface area contributed by atoms with E-state index < -0.39 is 0 Å². The van der Waals surface area contributed by atoms with Crippen LogP contribution in [0.3, 0.4) is 0 Å². The fourth-order valence-corrected chi connectivity index (χ4v) is 3.36. The molecule has 0 saturated heterocycles. The second kappa shape index (κ2) is 5.27. The van der Waals surface area contributed by atoms with Crippen molar-refractivity contribution in [2.24, 2.45) is 5.92 Å². The van der Waals surface area contributed by atoms with Crippen LogP contribution in [0.1, 0.15) is 43.0 Å². The highest BCUT2D eigenvalue weighted by molar-refractivity contribution is 6.05. The monoisotopic (exact) mass is 271 g/mol. The normalized spacial score (nSPS) is 22.9. The first-order valence-electron chi connectivity index (χ1n) is 7.37. The van der Waals surface area contributed by atoms with E-state index in [4.69, 9.17) is 0 Å². The van der Waals surface area contributed by atoms with Gasteiger partial charge in [0.25, 0.3) is 5.91 Å². The van der Waals surface area contributed by atoms with Gasteiger partial charge in [0, 0.05) is 18.5 Å². The standard InChI is InChI=1S/C16H21N3O/c1-11-6-3-4-9-14(11)19(2)16(20)13-8-5-7-12-10-17-18-15(12)13/h5,7-8,10-11,14H,3-4,6,9H2,1-2H3,(H,17,18). The lowest BCUT2D eigenvalue weighted by Crippen LogP contribution is -2.42. The van der Waals surface area contributed by atoms with Gasteiger partial charge in [-0.15, -0.1) is 0 Å². The molecule has 2 atom stereocenters. The summed E-state index contributed by atoms with van der Waals surface area (Å²) in [5.74, 6) is 0.678. The zero-order valence-electron chi connectivity index (χ0n) is 12.1. The lowest BCUT2D eigenvalue weighted by Gasteiger charge is -2.36. The van der Waals surface area contributed by atoms with Gasteiger partial charge in [-0.2, -0.15) is 5.10 Å². The molecule has 1 aliphatic rings. The van der Waals surface area contributed by atoms with Crippen molar-refractivity contribution in [3.8, 4) is 0 Å². The van der Waals surface area contributed by atoms with Crippen LogP contribution in [0.4, 0.5) is 0 Å². The topological polar surface area (TPSA) is 49.0 Å². The largest absolute Gasteiger partial charge is 0.338 e. The molecule has 1 aliphatic carbocycles. The molecule has 1 aromatic heterocycles. The number of carbonyl (C=O) groups excluding carboxylic acids is 1. The summed E-state index contributed by atoms with van der Waals surface area (Å²) in [6.45, 7) is 2.25. The van der Waals surface area contributed by atoms with Crippen LogP contribution in [-0.2, 0) is 0 Å². The summed E-state index contributed by atoms with van der Waals surface area (Å²) >= 11 is 0. The van der Waals surface area contributed by atoms with Gasteiger partial charge in [-0.25, -0.2) is 0 Å². The van der Waals surface area contributed by atoms with Gasteiger partial charge in [0.2, 0.25) is 0 Å². The lowest BCUT2D eigenvalue weighted by atomic mass is 9.85. The number of benzene rings is 1. The van der Waals surface area contributed by atoms with Crippen molar-refractivity contribution in [3.05, 3.63) is 30.0 Å². The Morgan fingerprint density at radius 1 is 1.35 bits per heavy atom. The molecule has 20 heavy (non-hydrogen) atoms. The van der Waals surface area contributed by atoms with Crippen LogP contribution in [0.15, 0.2) is 24.4 Å². The molecule has 4 heteroatoms. The van der Waals surface area contributed by atoms with E-state index in [9.17, 15) is 4.79 Å². The van der Waals surface area contributed by atoms with Crippen LogP contribution in [0.5, 0.6) is 0 Å². The fraction of sp³-hybridized carbons (Fsp3) is 0.500. The van der Waals surface area contributed by atoms with Gasteiger partial charge in [-0.05, 0) is 24.8 Å². The van der Waals surface area contributed by atoms with Crippen molar-refractivity contribution in [1.29, 1.82) is 0 Å². The van der Waals surface area contributed by atoms with E-state index in [0.717, 1.165) is 22.9 Å². The second-order valence-electron chi connectivity index (χ2n) is 5.88. The number of hydrogen-bond donors (Lipinski definition) is 1. The summed E-state index contributed by atoms with van der Waals surface area (Å²) < 4.78 is 0. The maximum absolute atomic E-state index is 12.8. The third-order valence-corrected chi connectivity index (χ3v) is 4.59. The molecule has 1 heterocycles. The van der Waals surface area contributed by atoms with Gasteiger partial charge in [0.1, 0.15) is 0 Å². The number of nitrogens with zero attached hydrogens (tertiary/aromatic N) is 2. The Morgan fingerprint density at radius 3 is 2.95 bits per heavy atom. The zero-order chi connectivity index (χ0) is 14.1. The minimum atomic E-state index is 0.0959. The van der Waals surface area contributed by atoms with Gasteiger partial charge >= 0.3 is 0 Å². The van der Waals surface area contributed by atoms with Crippen molar-refractivity contribution in [1.82, 2.24) is 15.1 Å². The number of hydrogen-bond acceptors (Lipinski definition) is 2. The molecule has 1 fully saturated rings. The zero-order valence-corrected chi connectivity index (χ0v) is 12.1. The van der Waals surface area contributed by atoms with Crippen LogP contribution in [0.2, 0.25) is 0 Å². The second-order valence-corrected chi connectivity index (χ2v) is 5.88. The highest BCUT2D eigenvalue weighted by Crippen LogP contribution is 2.29. The minimum Gasteiger partial charge on any atom is -0.338 e. The molecule has 1 amide bonds. The number of fused-ring (bicyclic) bond motifs is 1. The van der Waals surface area contributed by atoms with E-state index in [2.05, 4.69) is 17.1 Å². The van der Waals surface area contributed by atoms with Gasteiger partial charge in [-0.1, -0.05) is 31.9 Å². The Balaban J connectivity index is 1.89. The molecule has 3 rings (SSSR count). The van der Waals surface area contributed by atoms with E-state index in [0.29, 0.717) is 12.0 Å². The number of rotatable bonds is 2. The lowest BCUT2D eigenvalue weighted by molar-refractivity contribution is 0.0630. The smallest absolute Gasteiger partial charge is 0.256 e. The number of carbonyl (C=O) groups is 1. The Morgan fingerprint density at radius 2 is 2.15 bits per heavy atom. The van der Waals surface area contributed by atoms with Crippen molar-refractivity contribution >= 4 is 16.8 Å². The Hall–Kier alpha value is -1.84. The summed E-state index contributed by atoms with van der Waals surface area (Å²) in [5.41, 5.74) is 1.56. The molecule has 0 bridgehead atoms. The summed E-state index contributed by atoms with van der Waals surface area (Å²) in [4.78, 5) is 14.7. The van der Waals surface area contributed by atoms with E-state index >= 15 is 0 Å². The highest BCUT2D eigenvalue weighted by Gasteiger charge is 2.29. The molecule has 106 valence electrons. The molecule has 1 saturated carbocycles. The third kappa shape index (κ3) is 2.19. The van der Waals surface area contributed by atoms with Gasteiger partial charge < -0.3 is 4.90 Å². The van der Waals surface area contributed by atoms with Crippen LogP contribution in [0.25, 0.3) is 10.9 Å². The number of aromatic nitrogens is 2. The quantitative estimate of drug-likeness (QED) is 0.911. The van der Waals surface area contributed by atoms with E-state index in [1.165, 1.54) is 19.3 Å². The van der Waals surface area contributed by atoms with E-state index in [-0.39, 0.29) is 5.91 Å². The molecule has 2 unspecified atom stereocenters. The summed E-state index contributed by atoms with van der Waals surface area (Å²) in [6, 6.07) is 6.13. The van der Waals surface area contributed by atoms with E-state index in [1.54, 1.807) is 6.20 Å². The molecule has 0 spiro atoms. The number of aromatic amines is 1. The van der Waals surface area contributed by atoms with Crippen LogP contribution in [0, 0.1) is 5.92 Å². The van der Waals surface area contributed by atoms with Crippen molar-refractivity contribution in [2.45, 2.75) is 38.6 Å². The molecule has 0 aliphatic heterocycles. The average Bonchev–Trinajstić information content (AvgIpc) is 2.94. The van der Waals surface area contributed by atoms with Gasteiger partial charge in [0.15, 0.2) is 0 Å². The van der Waals surface area contributed by atoms with Gasteiger partial charge in [0.05, 0.1) is 17.3 Å². The van der Waals surface area contributed by atoms with Crippen LogP contribution < -0.4 is 0 Å². The molecule has 4 nitrogen and oxygen atoms in total. The van der Waals surface area contributed by atoms with E-state index in [1.807, 2.05) is 30.1 Å². The molecular weight excluding hydrogens is 250 g/mol. The molecule has 1 aromatic carbocycles. The Bertz CT molecular complexity index is 619. The van der Waals surface area contributed by atoms with Crippen molar-refractivity contribution in [2.75, 3.05) is 7.05 Å². The number of amides is 1. The predicted octanol–water partition coefficient (Wildman–Crippen LogP) is 3.21. The summed E-state index contributed by atoms with van der Waals surface area (Å²) in [7, 11) is 1.93. The first-order valence-corrected chi connectivity index (χ1v) is 7.37. The highest BCUT2D eigenvalue weighted by atomic mass is 16.2. The number of para-hydroxylation sites is 1. The van der Waals surface area contributed by atoms with Crippen LogP contribution >= 0.6 is 0 Å². The molecule has 2 aromatic rings. The van der Waals surface area contributed by atoms with Gasteiger partial charge in [-0.3, -0.25) is 9.89 Å². The number of H-pyrrole nitrogens is 1. The first kappa shape index (κ1) is 13.2. The van der Waals surface area contributed by atoms with Crippen molar-refractivity contribution in [3.63, 3.8) is 0 Å². The Kier molecular flexibility index (Phi) is 3.47. The minimum absolute atomic E-state index is 0.0959. The molecule has 0 radical (unpaired) electrons. The Labute approximate surface area is 119 Å².